The van der Waals surface area contributed by atoms with E-state index in [1.807, 2.05) is 110 Å². The maximum absolute atomic E-state index is 11.9. The van der Waals surface area contributed by atoms with Gasteiger partial charge in [0.25, 0.3) is 0 Å². The molecule has 232 valence electrons. The second-order valence-corrected chi connectivity index (χ2v) is 13.4. The summed E-state index contributed by atoms with van der Waals surface area (Å²) in [5.41, 5.74) is 3.94. The number of hydrogen-bond donors (Lipinski definition) is 4. The lowest BCUT2D eigenvalue weighted by atomic mass is 9.69. The molecule has 13 aliphatic rings. The van der Waals surface area contributed by atoms with Gasteiger partial charge in [0.1, 0.15) is 22.4 Å². The van der Waals surface area contributed by atoms with Crippen molar-refractivity contribution in [2.75, 3.05) is 0 Å². The van der Waals surface area contributed by atoms with Crippen LogP contribution < -0.4 is 0 Å². The SMILES string of the molecule is CC1C[C@]2(O)C=C[C@@]1(O)c1ccc(cc1)-c1cccc(c1)-c1ccc(cc1)C1(O)C=CC(O)(C=C1)c1ccc(cc1)-c1ccc2cc1. The Morgan fingerprint density at radius 1 is 0.426 bits per heavy atom. The van der Waals surface area contributed by atoms with Crippen molar-refractivity contribution in [2.45, 2.75) is 35.7 Å². The van der Waals surface area contributed by atoms with Crippen molar-refractivity contribution in [3.05, 3.63) is 180 Å². The number of hydrogen-bond acceptors (Lipinski definition) is 4. The molecule has 18 rings (SSSR count). The molecule has 0 aromatic heterocycles. The first kappa shape index (κ1) is 29.6. The van der Waals surface area contributed by atoms with Gasteiger partial charge in [-0.25, -0.2) is 0 Å². The molecule has 4 nitrogen and oxygen atoms in total. The molecule has 0 aliphatic heterocycles. The molecular formula is C43H36O4. The molecule has 1 unspecified atom stereocenters. The Bertz CT molecular complexity index is 2040. The molecular weight excluding hydrogens is 580 g/mol. The minimum absolute atomic E-state index is 0.244. The van der Waals surface area contributed by atoms with Gasteiger partial charge >= 0.3 is 0 Å². The molecule has 5 aromatic rings. The van der Waals surface area contributed by atoms with Crippen LogP contribution in [0.4, 0.5) is 0 Å². The molecule has 47 heavy (non-hydrogen) atoms. The first-order valence-corrected chi connectivity index (χ1v) is 16.1. The van der Waals surface area contributed by atoms with Crippen LogP contribution in [-0.4, -0.2) is 20.4 Å². The third-order valence-electron chi connectivity index (χ3n) is 10.5. The topological polar surface area (TPSA) is 80.9 Å². The van der Waals surface area contributed by atoms with Gasteiger partial charge in [0.2, 0.25) is 0 Å². The zero-order valence-electron chi connectivity index (χ0n) is 26.1. The molecule has 0 saturated heterocycles. The number of aliphatic hydroxyl groups is 4. The van der Waals surface area contributed by atoms with Crippen LogP contribution in [-0.2, 0) is 22.4 Å². The summed E-state index contributed by atoms with van der Waals surface area (Å²) in [6.07, 6.45) is 10.4. The van der Waals surface area contributed by atoms with E-state index in [0.717, 1.165) is 44.5 Å². The van der Waals surface area contributed by atoms with Crippen LogP contribution in [0.2, 0.25) is 0 Å². The fraction of sp³-hybridized carbons (Fsp3) is 0.163. The van der Waals surface area contributed by atoms with Crippen molar-refractivity contribution in [1.29, 1.82) is 0 Å². The predicted molar refractivity (Wildman–Crippen MR) is 186 cm³/mol. The molecule has 3 atom stereocenters. The Morgan fingerprint density at radius 3 is 1.23 bits per heavy atom. The standard InChI is InChI=1S/C43H36O4/c1-29-28-42(46)25-26-43(29,47)39-19-11-33(12-20-39)35-4-2-3-34(27-35)32-9-15-37(16-10-32)41(45)23-21-40(44,22-24-41)36-13-5-30(6-14-36)31-7-17-38(42)18-8-31/h2-27,29,44-47H,28H2,1H3/t29?,40?,41?,42-,43+/m1/s1. The monoisotopic (exact) mass is 616 g/mol. The normalized spacial score (nSPS) is 28.7. The van der Waals surface area contributed by atoms with Crippen molar-refractivity contribution in [3.63, 3.8) is 0 Å². The van der Waals surface area contributed by atoms with E-state index >= 15 is 0 Å². The first-order valence-electron chi connectivity index (χ1n) is 16.1. The molecule has 13 aliphatic carbocycles. The number of benzene rings is 5. The summed E-state index contributed by atoms with van der Waals surface area (Å²) in [6.45, 7) is 1.98. The highest BCUT2D eigenvalue weighted by Crippen LogP contribution is 2.45. The van der Waals surface area contributed by atoms with Gasteiger partial charge in [-0.2, -0.15) is 0 Å². The van der Waals surface area contributed by atoms with E-state index in [9.17, 15) is 20.4 Å². The Labute approximate surface area is 274 Å². The number of rotatable bonds is 0. The smallest absolute Gasteiger partial charge is 0.127 e. The van der Waals surface area contributed by atoms with E-state index in [1.54, 1.807) is 36.5 Å². The lowest BCUT2D eigenvalue weighted by molar-refractivity contribution is -0.0359. The van der Waals surface area contributed by atoms with E-state index in [4.69, 9.17) is 0 Å². The van der Waals surface area contributed by atoms with Gasteiger partial charge in [0.15, 0.2) is 0 Å². The zero-order valence-corrected chi connectivity index (χ0v) is 26.1. The largest absolute Gasteiger partial charge is 0.381 e. The Balaban J connectivity index is 1.23. The Hall–Kier alpha value is -4.84. The molecule has 0 amide bonds. The minimum atomic E-state index is -1.36. The van der Waals surface area contributed by atoms with Gasteiger partial charge in [-0.15, -0.1) is 0 Å². The average molecular weight is 617 g/mol. The second-order valence-electron chi connectivity index (χ2n) is 13.4. The molecule has 0 spiro atoms. The molecule has 0 heterocycles. The first-order chi connectivity index (χ1) is 22.6. The Morgan fingerprint density at radius 2 is 0.809 bits per heavy atom. The quantitative estimate of drug-likeness (QED) is 0.134. The third-order valence-corrected chi connectivity index (χ3v) is 10.5. The van der Waals surface area contributed by atoms with E-state index in [1.165, 1.54) is 0 Å². The van der Waals surface area contributed by atoms with E-state index < -0.39 is 22.4 Å². The highest BCUT2D eigenvalue weighted by atomic mass is 16.3. The third kappa shape index (κ3) is 4.93. The lowest BCUT2D eigenvalue weighted by Gasteiger charge is -2.41. The Kier molecular flexibility index (Phi) is 6.66. The van der Waals surface area contributed by atoms with Crippen LogP contribution >= 0.6 is 0 Å². The van der Waals surface area contributed by atoms with Gasteiger partial charge < -0.3 is 20.4 Å². The summed E-state index contributed by atoms with van der Waals surface area (Å²) >= 11 is 0. The summed E-state index contributed by atoms with van der Waals surface area (Å²) in [4.78, 5) is 0. The van der Waals surface area contributed by atoms with Crippen LogP contribution in [0.1, 0.15) is 35.6 Å². The van der Waals surface area contributed by atoms with Crippen LogP contribution in [0.3, 0.4) is 0 Å². The van der Waals surface area contributed by atoms with E-state index in [2.05, 4.69) is 18.2 Å². The summed E-state index contributed by atoms with van der Waals surface area (Å²) in [7, 11) is 0. The van der Waals surface area contributed by atoms with Gasteiger partial charge in [-0.3, -0.25) is 0 Å². The minimum Gasteiger partial charge on any atom is -0.381 e. The van der Waals surface area contributed by atoms with Crippen molar-refractivity contribution >= 4 is 0 Å². The molecule has 0 radical (unpaired) electrons. The highest BCUT2D eigenvalue weighted by Gasteiger charge is 2.43. The fourth-order valence-corrected chi connectivity index (χ4v) is 7.34. The van der Waals surface area contributed by atoms with E-state index in [0.29, 0.717) is 17.5 Å². The van der Waals surface area contributed by atoms with Crippen LogP contribution in [0, 0.1) is 5.92 Å². The average Bonchev–Trinajstić information content (AvgIpc) is 3.11. The summed E-state index contributed by atoms with van der Waals surface area (Å²) in [5, 5.41) is 46.6. The molecule has 0 saturated carbocycles. The summed E-state index contributed by atoms with van der Waals surface area (Å²) in [5.74, 6) is -0.244. The fourth-order valence-electron chi connectivity index (χ4n) is 7.34. The van der Waals surface area contributed by atoms with Crippen molar-refractivity contribution < 1.29 is 20.4 Å². The highest BCUT2D eigenvalue weighted by molar-refractivity contribution is 5.73. The maximum atomic E-state index is 11.9. The van der Waals surface area contributed by atoms with Gasteiger partial charge in [-0.1, -0.05) is 122 Å². The van der Waals surface area contributed by atoms with Crippen molar-refractivity contribution in [1.82, 2.24) is 0 Å². The predicted octanol–water partition coefficient (Wildman–Crippen LogP) is 7.87. The molecule has 4 N–H and O–H groups in total. The van der Waals surface area contributed by atoms with Gasteiger partial charge in [0.05, 0.1) is 0 Å². The summed E-state index contributed by atoms with van der Waals surface area (Å²) in [6, 6.07) is 39.7. The van der Waals surface area contributed by atoms with Crippen molar-refractivity contribution in [2.24, 2.45) is 5.92 Å². The molecule has 0 fully saturated rings. The van der Waals surface area contributed by atoms with Gasteiger partial charge in [-0.05, 0) is 110 Å². The van der Waals surface area contributed by atoms with Crippen LogP contribution in [0.15, 0.2) is 158 Å². The maximum Gasteiger partial charge on any atom is 0.127 e. The molecule has 5 aromatic carbocycles. The summed E-state index contributed by atoms with van der Waals surface area (Å²) < 4.78 is 0. The van der Waals surface area contributed by atoms with Crippen molar-refractivity contribution in [3.8, 4) is 33.4 Å². The lowest BCUT2D eigenvalue weighted by Crippen LogP contribution is -2.41. The zero-order chi connectivity index (χ0) is 32.4. The van der Waals surface area contributed by atoms with Crippen LogP contribution in [0.5, 0.6) is 0 Å². The molecule has 14 bridgehead atoms. The van der Waals surface area contributed by atoms with Crippen LogP contribution in [0.25, 0.3) is 33.4 Å². The van der Waals surface area contributed by atoms with E-state index in [-0.39, 0.29) is 5.92 Å². The second kappa shape index (κ2) is 10.6. The van der Waals surface area contributed by atoms with Gasteiger partial charge in [0, 0.05) is 0 Å². The molecule has 4 heteroatoms.